The Morgan fingerprint density at radius 2 is 1.72 bits per heavy atom. The highest BCUT2D eigenvalue weighted by molar-refractivity contribution is 6.33. The number of ether oxygens (including phenoxy) is 2. The molecule has 0 aromatic heterocycles. The molecule has 9 heteroatoms. The first-order valence-corrected chi connectivity index (χ1v) is 12.8. The number of nitrogens with one attached hydrogen (secondary N) is 1. The standard InChI is InChI=1S/C27H30ClN3O5/c28-22-11-5-4-10-21(22)26(34)30-14-12-27(13-15-30)31(25(33)19-7-2-1-3-8-19)23(18-36-27)24(32)29-17-20-9-6-16-35-20/h1-5,7-8,10-11,20,23H,6,9,12-18H2,(H,29,32)/t20-,23-/m0/s1. The fourth-order valence-corrected chi connectivity index (χ4v) is 5.51. The van der Waals surface area contributed by atoms with E-state index in [2.05, 4.69) is 5.32 Å². The summed E-state index contributed by atoms with van der Waals surface area (Å²) in [5, 5.41) is 3.37. The van der Waals surface area contributed by atoms with Gasteiger partial charge in [-0.2, -0.15) is 0 Å². The molecule has 3 aliphatic heterocycles. The second-order valence-corrected chi connectivity index (χ2v) is 9.87. The van der Waals surface area contributed by atoms with Gasteiger partial charge in [-0.3, -0.25) is 19.3 Å². The summed E-state index contributed by atoms with van der Waals surface area (Å²) in [6.07, 6.45) is 2.70. The molecule has 3 fully saturated rings. The number of amides is 3. The molecule has 190 valence electrons. The molecule has 2 aromatic carbocycles. The number of carbonyl (C=O) groups is 3. The van der Waals surface area contributed by atoms with Crippen molar-refractivity contribution < 1.29 is 23.9 Å². The SMILES string of the molecule is O=C(NC[C@@H]1CCCO1)[C@@H]1COC2(CCN(C(=O)c3ccccc3Cl)CC2)N1C(=O)c1ccccc1. The van der Waals surface area contributed by atoms with Crippen LogP contribution in [0.15, 0.2) is 54.6 Å². The minimum Gasteiger partial charge on any atom is -0.376 e. The third kappa shape index (κ3) is 4.85. The molecule has 2 atom stereocenters. The first-order chi connectivity index (χ1) is 17.5. The maximum Gasteiger partial charge on any atom is 0.256 e. The molecule has 8 nitrogen and oxygen atoms in total. The molecule has 36 heavy (non-hydrogen) atoms. The van der Waals surface area contributed by atoms with Gasteiger partial charge in [-0.05, 0) is 37.1 Å². The molecule has 3 heterocycles. The fraction of sp³-hybridized carbons (Fsp3) is 0.444. The third-order valence-electron chi connectivity index (χ3n) is 7.27. The van der Waals surface area contributed by atoms with Gasteiger partial charge < -0.3 is 19.7 Å². The second-order valence-electron chi connectivity index (χ2n) is 9.47. The number of nitrogens with zero attached hydrogens (tertiary/aromatic N) is 2. The Bertz CT molecular complexity index is 1110. The highest BCUT2D eigenvalue weighted by atomic mass is 35.5. The van der Waals surface area contributed by atoms with Crippen LogP contribution in [0.4, 0.5) is 0 Å². The number of rotatable bonds is 5. The van der Waals surface area contributed by atoms with Gasteiger partial charge in [-0.25, -0.2) is 0 Å². The average molecular weight is 512 g/mol. The molecule has 0 radical (unpaired) electrons. The normalized spacial score (nSPS) is 23.1. The van der Waals surface area contributed by atoms with Crippen molar-refractivity contribution in [3.63, 3.8) is 0 Å². The van der Waals surface area contributed by atoms with Crippen molar-refractivity contribution >= 4 is 29.3 Å². The van der Waals surface area contributed by atoms with Gasteiger partial charge in [0.25, 0.3) is 11.8 Å². The monoisotopic (exact) mass is 511 g/mol. The van der Waals surface area contributed by atoms with Gasteiger partial charge in [-0.15, -0.1) is 0 Å². The van der Waals surface area contributed by atoms with Crippen LogP contribution in [0.3, 0.4) is 0 Å². The predicted molar refractivity (Wildman–Crippen MR) is 134 cm³/mol. The zero-order valence-corrected chi connectivity index (χ0v) is 20.8. The van der Waals surface area contributed by atoms with Gasteiger partial charge in [0.05, 0.1) is 23.3 Å². The molecule has 2 aromatic rings. The fourth-order valence-electron chi connectivity index (χ4n) is 5.29. The van der Waals surface area contributed by atoms with E-state index in [1.807, 2.05) is 6.07 Å². The van der Waals surface area contributed by atoms with E-state index >= 15 is 0 Å². The molecule has 0 bridgehead atoms. The average Bonchev–Trinajstić information content (AvgIpc) is 3.56. The summed E-state index contributed by atoms with van der Waals surface area (Å²) in [4.78, 5) is 43.4. The molecule has 1 spiro atoms. The molecule has 3 amide bonds. The lowest BCUT2D eigenvalue weighted by atomic mass is 9.96. The lowest BCUT2D eigenvalue weighted by Gasteiger charge is -2.44. The maximum atomic E-state index is 13.7. The highest BCUT2D eigenvalue weighted by Crippen LogP contribution is 2.39. The Balaban J connectivity index is 1.34. The summed E-state index contributed by atoms with van der Waals surface area (Å²) >= 11 is 6.24. The molecule has 0 saturated carbocycles. The van der Waals surface area contributed by atoms with E-state index in [0.717, 1.165) is 12.8 Å². The van der Waals surface area contributed by atoms with E-state index in [1.165, 1.54) is 0 Å². The Morgan fingerprint density at radius 3 is 2.42 bits per heavy atom. The predicted octanol–water partition coefficient (Wildman–Crippen LogP) is 3.11. The zero-order chi connectivity index (χ0) is 25.1. The Hall–Kier alpha value is -2.94. The minimum atomic E-state index is -0.962. The molecule has 5 rings (SSSR count). The quantitative estimate of drug-likeness (QED) is 0.666. The molecule has 3 saturated heterocycles. The molecule has 0 unspecified atom stereocenters. The Labute approximate surface area is 215 Å². The van der Waals surface area contributed by atoms with Crippen molar-refractivity contribution in [3.8, 4) is 0 Å². The van der Waals surface area contributed by atoms with Gasteiger partial charge >= 0.3 is 0 Å². The summed E-state index contributed by atoms with van der Waals surface area (Å²) in [7, 11) is 0. The summed E-state index contributed by atoms with van der Waals surface area (Å²) in [6.45, 7) is 1.99. The van der Waals surface area contributed by atoms with Gasteiger partial charge in [0.15, 0.2) is 0 Å². The molecule has 3 aliphatic rings. The van der Waals surface area contributed by atoms with Crippen LogP contribution in [0.2, 0.25) is 5.02 Å². The summed E-state index contributed by atoms with van der Waals surface area (Å²) in [6, 6.07) is 15.1. The maximum absolute atomic E-state index is 13.7. The minimum absolute atomic E-state index is 0.00238. The van der Waals surface area contributed by atoms with Gasteiger partial charge in [0.1, 0.15) is 11.8 Å². The largest absolute Gasteiger partial charge is 0.376 e. The number of benzene rings is 2. The second kappa shape index (κ2) is 10.6. The smallest absolute Gasteiger partial charge is 0.256 e. The molecular weight excluding hydrogens is 482 g/mol. The number of carbonyl (C=O) groups excluding carboxylic acids is 3. The summed E-state index contributed by atoms with van der Waals surface area (Å²) in [5.41, 5.74) is -0.0179. The van der Waals surface area contributed by atoms with Crippen LogP contribution < -0.4 is 5.32 Å². The van der Waals surface area contributed by atoms with E-state index in [9.17, 15) is 14.4 Å². The van der Waals surface area contributed by atoms with Crippen molar-refractivity contribution in [1.29, 1.82) is 0 Å². The number of hydrogen-bond acceptors (Lipinski definition) is 5. The van der Waals surface area contributed by atoms with Crippen molar-refractivity contribution in [2.45, 2.75) is 43.6 Å². The zero-order valence-electron chi connectivity index (χ0n) is 20.0. The van der Waals surface area contributed by atoms with Gasteiger partial charge in [-0.1, -0.05) is 41.9 Å². The topological polar surface area (TPSA) is 88.2 Å². The van der Waals surface area contributed by atoms with Crippen LogP contribution in [0.25, 0.3) is 0 Å². The number of hydrogen-bond donors (Lipinski definition) is 1. The number of halogens is 1. The summed E-state index contributed by atoms with van der Waals surface area (Å²) < 4.78 is 11.9. The third-order valence-corrected chi connectivity index (χ3v) is 7.60. The molecular formula is C27H30ClN3O5. The van der Waals surface area contributed by atoms with E-state index in [0.29, 0.717) is 55.2 Å². The van der Waals surface area contributed by atoms with Gasteiger partial charge in [0.2, 0.25) is 5.91 Å². The molecule has 0 aliphatic carbocycles. The first kappa shape index (κ1) is 24.7. The number of piperidine rings is 1. The molecule has 1 N–H and O–H groups in total. The van der Waals surface area contributed by atoms with E-state index < -0.39 is 11.8 Å². The first-order valence-electron chi connectivity index (χ1n) is 12.4. The van der Waals surface area contributed by atoms with E-state index in [1.54, 1.807) is 58.3 Å². The Morgan fingerprint density at radius 1 is 1.00 bits per heavy atom. The number of likely N-dealkylation sites (tertiary alicyclic amines) is 1. The van der Waals surface area contributed by atoms with Crippen LogP contribution in [0, 0.1) is 0 Å². The van der Waals surface area contributed by atoms with Crippen LogP contribution in [0.1, 0.15) is 46.4 Å². The Kier molecular flexibility index (Phi) is 7.27. The van der Waals surface area contributed by atoms with E-state index in [4.69, 9.17) is 21.1 Å². The van der Waals surface area contributed by atoms with Crippen molar-refractivity contribution in [3.05, 3.63) is 70.7 Å². The van der Waals surface area contributed by atoms with Crippen molar-refractivity contribution in [2.75, 3.05) is 32.8 Å². The van der Waals surface area contributed by atoms with Crippen molar-refractivity contribution in [1.82, 2.24) is 15.1 Å². The lowest BCUT2D eigenvalue weighted by molar-refractivity contribution is -0.128. The highest BCUT2D eigenvalue weighted by Gasteiger charge is 2.54. The van der Waals surface area contributed by atoms with Crippen LogP contribution in [0.5, 0.6) is 0 Å². The van der Waals surface area contributed by atoms with Crippen molar-refractivity contribution in [2.24, 2.45) is 0 Å². The van der Waals surface area contributed by atoms with Crippen LogP contribution in [-0.4, -0.2) is 78.2 Å². The van der Waals surface area contributed by atoms with Crippen LogP contribution in [-0.2, 0) is 14.3 Å². The van der Waals surface area contributed by atoms with Gasteiger partial charge in [0, 0.05) is 44.6 Å². The lowest BCUT2D eigenvalue weighted by Crippen LogP contribution is -2.60. The van der Waals surface area contributed by atoms with E-state index in [-0.39, 0.29) is 30.4 Å². The summed E-state index contributed by atoms with van der Waals surface area (Å²) in [5.74, 6) is -0.655. The van der Waals surface area contributed by atoms with Crippen LogP contribution >= 0.6 is 11.6 Å².